The van der Waals surface area contributed by atoms with Gasteiger partial charge in [-0.1, -0.05) is 56.5 Å². The molecule has 0 aliphatic heterocycles. The van der Waals surface area contributed by atoms with Crippen molar-refractivity contribution < 1.29 is 9.59 Å². The number of hydrogen-bond acceptors (Lipinski definition) is 2. The van der Waals surface area contributed by atoms with E-state index in [9.17, 15) is 9.59 Å². The van der Waals surface area contributed by atoms with Crippen LogP contribution in [0, 0.1) is 18.8 Å². The predicted octanol–water partition coefficient (Wildman–Crippen LogP) is 4.21. The summed E-state index contributed by atoms with van der Waals surface area (Å²) in [5, 5.41) is 3.28. The number of nitrogens with zero attached hydrogens (tertiary/aromatic N) is 1. The molecule has 0 bridgehead atoms. The van der Waals surface area contributed by atoms with Crippen LogP contribution < -0.4 is 5.32 Å². The van der Waals surface area contributed by atoms with E-state index in [2.05, 4.69) is 19.2 Å². The molecule has 4 atom stereocenters. The molecule has 0 spiro atoms. The maximum absolute atomic E-state index is 13.4. The smallest absolute Gasteiger partial charge is 0.247 e. The van der Waals surface area contributed by atoms with Crippen LogP contribution in [-0.2, 0) is 9.59 Å². The number of rotatable bonds is 6. The van der Waals surface area contributed by atoms with Gasteiger partial charge in [0.05, 0.1) is 0 Å². The first kappa shape index (κ1) is 20.2. The summed E-state index contributed by atoms with van der Waals surface area (Å²) in [4.78, 5) is 27.7. The zero-order chi connectivity index (χ0) is 19.6. The Labute approximate surface area is 167 Å². The molecule has 2 aliphatic carbocycles. The Morgan fingerprint density at radius 3 is 2.41 bits per heavy atom. The highest BCUT2D eigenvalue weighted by Crippen LogP contribution is 2.36. The van der Waals surface area contributed by atoms with Gasteiger partial charge in [0.2, 0.25) is 11.8 Å². The molecule has 0 heterocycles. The van der Waals surface area contributed by atoms with Crippen LogP contribution in [0.5, 0.6) is 0 Å². The van der Waals surface area contributed by atoms with Gasteiger partial charge in [-0.05, 0) is 43.6 Å². The topological polar surface area (TPSA) is 49.4 Å². The summed E-state index contributed by atoms with van der Waals surface area (Å²) in [5.74, 6) is 0.716. The minimum atomic E-state index is -0.603. The van der Waals surface area contributed by atoms with Crippen molar-refractivity contribution >= 4 is 23.4 Å². The van der Waals surface area contributed by atoms with Gasteiger partial charge in [0.15, 0.2) is 0 Å². The number of carbonyl (C=O) groups is 2. The number of aryl methyl sites for hydroxylation is 1. The van der Waals surface area contributed by atoms with Gasteiger partial charge in [0.25, 0.3) is 0 Å². The summed E-state index contributed by atoms with van der Waals surface area (Å²) in [7, 11) is 0. The van der Waals surface area contributed by atoms with E-state index in [-0.39, 0.29) is 29.8 Å². The molecule has 3 rings (SSSR count). The second kappa shape index (κ2) is 8.64. The Kier molecular flexibility index (Phi) is 6.46. The van der Waals surface area contributed by atoms with Crippen LogP contribution in [0.3, 0.4) is 0 Å². The van der Waals surface area contributed by atoms with Crippen molar-refractivity contribution in [3.8, 4) is 0 Å². The first-order valence-electron chi connectivity index (χ1n) is 10.2. The van der Waals surface area contributed by atoms with Crippen molar-refractivity contribution in [2.75, 3.05) is 5.88 Å². The molecule has 1 aromatic carbocycles. The van der Waals surface area contributed by atoms with Crippen LogP contribution in [-0.4, -0.2) is 34.7 Å². The van der Waals surface area contributed by atoms with Crippen LogP contribution in [0.4, 0.5) is 0 Å². The quantitative estimate of drug-likeness (QED) is 0.740. The summed E-state index contributed by atoms with van der Waals surface area (Å²) in [5.41, 5.74) is 1.99. The Bertz CT molecular complexity index is 671. The number of hydrogen-bond donors (Lipinski definition) is 1. The molecule has 2 amide bonds. The molecule has 0 radical (unpaired) electrons. The van der Waals surface area contributed by atoms with Gasteiger partial charge in [0.1, 0.15) is 11.9 Å². The van der Waals surface area contributed by atoms with Gasteiger partial charge >= 0.3 is 0 Å². The number of amides is 2. The van der Waals surface area contributed by atoms with Gasteiger partial charge in [0, 0.05) is 12.1 Å². The predicted molar refractivity (Wildman–Crippen MR) is 109 cm³/mol. The first-order valence-corrected chi connectivity index (χ1v) is 10.7. The van der Waals surface area contributed by atoms with Gasteiger partial charge < -0.3 is 10.2 Å². The van der Waals surface area contributed by atoms with Crippen molar-refractivity contribution in [1.29, 1.82) is 0 Å². The molecule has 4 unspecified atom stereocenters. The second-order valence-corrected chi connectivity index (χ2v) is 8.63. The lowest BCUT2D eigenvalue weighted by molar-refractivity contribution is -0.140. The third kappa shape index (κ3) is 4.66. The van der Waals surface area contributed by atoms with Gasteiger partial charge in [-0.3, -0.25) is 9.59 Å². The molecule has 5 heteroatoms. The largest absolute Gasteiger partial charge is 0.351 e. The summed E-state index contributed by atoms with van der Waals surface area (Å²) < 4.78 is 0. The zero-order valence-corrected chi connectivity index (χ0v) is 17.3. The van der Waals surface area contributed by atoms with Gasteiger partial charge in [-0.15, -0.1) is 11.6 Å². The van der Waals surface area contributed by atoms with E-state index >= 15 is 0 Å². The highest BCUT2D eigenvalue weighted by Gasteiger charge is 2.42. The van der Waals surface area contributed by atoms with Crippen LogP contribution in [0.1, 0.15) is 63.1 Å². The summed E-state index contributed by atoms with van der Waals surface area (Å²) >= 11 is 5.89. The SMILES string of the molecule is Cc1ccc(C(C(=O)NC2CCCC(C)C2C)N(C(=O)CCl)C2CC2)cc1. The molecule has 4 nitrogen and oxygen atoms in total. The van der Waals surface area contributed by atoms with E-state index < -0.39 is 6.04 Å². The lowest BCUT2D eigenvalue weighted by Gasteiger charge is -2.37. The molecule has 148 valence electrons. The molecule has 2 fully saturated rings. The van der Waals surface area contributed by atoms with E-state index in [4.69, 9.17) is 11.6 Å². The Morgan fingerprint density at radius 2 is 1.81 bits per heavy atom. The van der Waals surface area contributed by atoms with Crippen LogP contribution in [0.25, 0.3) is 0 Å². The van der Waals surface area contributed by atoms with Crippen molar-refractivity contribution in [2.24, 2.45) is 11.8 Å². The molecule has 0 saturated heterocycles. The van der Waals surface area contributed by atoms with Crippen molar-refractivity contribution in [3.05, 3.63) is 35.4 Å². The average molecular weight is 391 g/mol. The maximum Gasteiger partial charge on any atom is 0.247 e. The summed E-state index contributed by atoms with van der Waals surface area (Å²) in [6, 6.07) is 7.60. The van der Waals surface area contributed by atoms with E-state index in [0.29, 0.717) is 11.8 Å². The van der Waals surface area contributed by atoms with Crippen molar-refractivity contribution in [3.63, 3.8) is 0 Å². The molecule has 2 aliphatic rings. The van der Waals surface area contributed by atoms with E-state index in [1.165, 1.54) is 6.42 Å². The highest BCUT2D eigenvalue weighted by molar-refractivity contribution is 6.27. The van der Waals surface area contributed by atoms with Gasteiger partial charge in [-0.25, -0.2) is 0 Å². The average Bonchev–Trinajstić information content (AvgIpc) is 3.48. The fourth-order valence-corrected chi connectivity index (χ4v) is 4.35. The number of alkyl halides is 1. The van der Waals surface area contributed by atoms with Gasteiger partial charge in [-0.2, -0.15) is 0 Å². The molecular formula is C22H31ClN2O2. The molecule has 0 aromatic heterocycles. The van der Waals surface area contributed by atoms with E-state index in [0.717, 1.165) is 36.8 Å². The normalized spacial score (nSPS) is 26.3. The third-order valence-electron chi connectivity index (χ3n) is 6.30. The van der Waals surface area contributed by atoms with E-state index in [1.807, 2.05) is 31.2 Å². The van der Waals surface area contributed by atoms with Crippen LogP contribution >= 0.6 is 11.6 Å². The fourth-order valence-electron chi connectivity index (χ4n) is 4.21. The highest BCUT2D eigenvalue weighted by atomic mass is 35.5. The zero-order valence-electron chi connectivity index (χ0n) is 16.6. The Hall–Kier alpha value is -1.55. The second-order valence-electron chi connectivity index (χ2n) is 8.36. The first-order chi connectivity index (χ1) is 12.9. The Morgan fingerprint density at radius 1 is 1.15 bits per heavy atom. The molecule has 1 aromatic rings. The van der Waals surface area contributed by atoms with Crippen LogP contribution in [0.2, 0.25) is 0 Å². The lowest BCUT2D eigenvalue weighted by Crippen LogP contribution is -2.50. The van der Waals surface area contributed by atoms with E-state index in [1.54, 1.807) is 4.90 Å². The van der Waals surface area contributed by atoms with Crippen molar-refractivity contribution in [2.45, 2.75) is 71.0 Å². The number of carbonyl (C=O) groups excluding carboxylic acids is 2. The number of halogens is 1. The number of nitrogens with one attached hydrogen (secondary N) is 1. The lowest BCUT2D eigenvalue weighted by atomic mass is 9.78. The third-order valence-corrected chi connectivity index (χ3v) is 6.53. The fraction of sp³-hybridized carbons (Fsp3) is 0.636. The Balaban J connectivity index is 1.87. The van der Waals surface area contributed by atoms with Crippen LogP contribution in [0.15, 0.2) is 24.3 Å². The molecule has 1 N–H and O–H groups in total. The molecular weight excluding hydrogens is 360 g/mol. The summed E-state index contributed by atoms with van der Waals surface area (Å²) in [6.07, 6.45) is 5.24. The minimum Gasteiger partial charge on any atom is -0.351 e. The summed E-state index contributed by atoms with van der Waals surface area (Å²) in [6.45, 7) is 6.50. The van der Waals surface area contributed by atoms with Crippen molar-refractivity contribution in [1.82, 2.24) is 10.2 Å². The molecule has 27 heavy (non-hydrogen) atoms. The minimum absolute atomic E-state index is 0.0739. The number of benzene rings is 1. The standard InChI is InChI=1S/C22H31ClN2O2/c1-14-7-9-17(10-8-14)21(25(18-11-12-18)20(26)13-23)22(27)24-19-6-4-5-15(2)16(19)3/h7-10,15-16,18-19,21H,4-6,11-13H2,1-3H3,(H,24,27). The maximum atomic E-state index is 13.4. The monoisotopic (exact) mass is 390 g/mol. The molecule has 2 saturated carbocycles.